The van der Waals surface area contributed by atoms with Gasteiger partial charge in [0.1, 0.15) is 0 Å². The van der Waals surface area contributed by atoms with E-state index in [1.165, 1.54) is 0 Å². The van der Waals surface area contributed by atoms with Gasteiger partial charge in [0.05, 0.1) is 37.8 Å². The number of hydrogen-bond acceptors (Lipinski definition) is 4. The van der Waals surface area contributed by atoms with Crippen LogP contribution < -0.4 is 14.8 Å². The molecule has 0 saturated carbocycles. The van der Waals surface area contributed by atoms with Crippen molar-refractivity contribution in [3.05, 3.63) is 35.2 Å². The molecule has 0 radical (unpaired) electrons. The van der Waals surface area contributed by atoms with E-state index in [0.29, 0.717) is 24.5 Å². The van der Waals surface area contributed by atoms with Crippen LogP contribution >= 0.6 is 0 Å². The molecule has 6 heteroatoms. The molecule has 0 unspecified atom stereocenters. The van der Waals surface area contributed by atoms with Crippen LogP contribution in [0.15, 0.2) is 18.2 Å². The summed E-state index contributed by atoms with van der Waals surface area (Å²) in [6.45, 7) is 6.44. The Hall–Kier alpha value is -2.50. The summed E-state index contributed by atoms with van der Waals surface area (Å²) in [5, 5.41) is 7.51. The Morgan fingerprint density at radius 3 is 2.54 bits per heavy atom. The van der Waals surface area contributed by atoms with Crippen LogP contribution in [0.2, 0.25) is 0 Å². The van der Waals surface area contributed by atoms with Crippen LogP contribution in [0.5, 0.6) is 11.5 Å². The molecule has 0 aliphatic heterocycles. The maximum absolute atomic E-state index is 11.9. The minimum Gasteiger partial charge on any atom is -0.493 e. The van der Waals surface area contributed by atoms with Crippen LogP contribution in [0, 0.1) is 13.8 Å². The number of ether oxygens (including phenoxy) is 2. The lowest BCUT2D eigenvalue weighted by Gasteiger charge is -2.11. The van der Waals surface area contributed by atoms with Gasteiger partial charge in [0, 0.05) is 6.42 Å². The monoisotopic (exact) mass is 331 g/mol. The first kappa shape index (κ1) is 17.8. The minimum atomic E-state index is 0.0226. The minimum absolute atomic E-state index is 0.0226. The summed E-state index contributed by atoms with van der Waals surface area (Å²) in [6.07, 6.45) is 1.34. The highest BCUT2D eigenvalue weighted by Gasteiger charge is 2.14. The SMILES string of the molecule is CCCC(=O)Nc1c(C)nn(Cc2ccc(OC)c(OC)c2)c1C. The number of aromatic nitrogens is 2. The maximum atomic E-state index is 11.9. The molecular weight excluding hydrogens is 306 g/mol. The number of nitrogens with zero attached hydrogens (tertiary/aromatic N) is 2. The van der Waals surface area contributed by atoms with Gasteiger partial charge >= 0.3 is 0 Å². The van der Waals surface area contributed by atoms with Gasteiger partial charge < -0.3 is 14.8 Å². The van der Waals surface area contributed by atoms with Crippen LogP contribution in [0.3, 0.4) is 0 Å². The number of rotatable bonds is 7. The van der Waals surface area contributed by atoms with E-state index in [0.717, 1.165) is 29.1 Å². The molecule has 0 aliphatic rings. The number of carbonyl (C=O) groups is 1. The van der Waals surface area contributed by atoms with Gasteiger partial charge in [0.25, 0.3) is 0 Å². The average Bonchev–Trinajstić information content (AvgIpc) is 2.82. The smallest absolute Gasteiger partial charge is 0.224 e. The summed E-state index contributed by atoms with van der Waals surface area (Å²) >= 11 is 0. The topological polar surface area (TPSA) is 65.4 Å². The molecule has 0 atom stereocenters. The summed E-state index contributed by atoms with van der Waals surface area (Å²) in [5.74, 6) is 1.41. The number of benzene rings is 1. The first-order valence-electron chi connectivity index (χ1n) is 8.04. The number of amides is 1. The van der Waals surface area contributed by atoms with Crippen molar-refractivity contribution >= 4 is 11.6 Å². The quantitative estimate of drug-likeness (QED) is 0.845. The third-order valence-corrected chi connectivity index (χ3v) is 3.90. The molecule has 0 aliphatic carbocycles. The van der Waals surface area contributed by atoms with Crippen molar-refractivity contribution in [1.82, 2.24) is 9.78 Å². The van der Waals surface area contributed by atoms with Gasteiger partial charge in [-0.05, 0) is 38.0 Å². The summed E-state index contributed by atoms with van der Waals surface area (Å²) in [6, 6.07) is 5.79. The number of carbonyl (C=O) groups excluding carboxylic acids is 1. The normalized spacial score (nSPS) is 10.5. The Balaban J connectivity index is 2.23. The molecule has 130 valence electrons. The van der Waals surface area contributed by atoms with Crippen molar-refractivity contribution in [2.24, 2.45) is 0 Å². The van der Waals surface area contributed by atoms with Gasteiger partial charge in [-0.25, -0.2) is 0 Å². The summed E-state index contributed by atoms with van der Waals surface area (Å²) in [7, 11) is 3.23. The third kappa shape index (κ3) is 3.88. The fourth-order valence-corrected chi connectivity index (χ4v) is 2.61. The highest BCUT2D eigenvalue weighted by molar-refractivity contribution is 5.91. The average molecular weight is 331 g/mol. The highest BCUT2D eigenvalue weighted by Crippen LogP contribution is 2.28. The summed E-state index contributed by atoms with van der Waals surface area (Å²) in [4.78, 5) is 11.9. The first-order chi connectivity index (χ1) is 11.5. The van der Waals surface area contributed by atoms with Crippen molar-refractivity contribution < 1.29 is 14.3 Å². The van der Waals surface area contributed by atoms with E-state index in [1.54, 1.807) is 14.2 Å². The molecule has 1 aromatic heterocycles. The Kier molecular flexibility index (Phi) is 5.84. The van der Waals surface area contributed by atoms with E-state index in [1.807, 2.05) is 43.7 Å². The third-order valence-electron chi connectivity index (χ3n) is 3.90. The fourth-order valence-electron chi connectivity index (χ4n) is 2.61. The number of aryl methyl sites for hydroxylation is 1. The van der Waals surface area contributed by atoms with E-state index in [2.05, 4.69) is 10.4 Å². The van der Waals surface area contributed by atoms with Crippen molar-refractivity contribution in [3.8, 4) is 11.5 Å². The Bertz CT molecular complexity index is 723. The molecule has 24 heavy (non-hydrogen) atoms. The zero-order chi connectivity index (χ0) is 17.7. The van der Waals surface area contributed by atoms with Crippen LogP contribution in [0.25, 0.3) is 0 Å². The van der Waals surface area contributed by atoms with Gasteiger partial charge in [0.2, 0.25) is 5.91 Å². The number of nitrogens with one attached hydrogen (secondary N) is 1. The van der Waals surface area contributed by atoms with Crippen molar-refractivity contribution in [2.75, 3.05) is 19.5 Å². The lowest BCUT2D eigenvalue weighted by atomic mass is 10.2. The lowest BCUT2D eigenvalue weighted by molar-refractivity contribution is -0.116. The molecule has 2 aromatic rings. The van der Waals surface area contributed by atoms with Crippen molar-refractivity contribution in [3.63, 3.8) is 0 Å². The number of hydrogen-bond donors (Lipinski definition) is 1. The standard InChI is InChI=1S/C18H25N3O3/c1-6-7-17(22)19-18-12(2)20-21(13(18)3)11-14-8-9-15(23-4)16(10-14)24-5/h8-10H,6-7,11H2,1-5H3,(H,19,22). The van der Waals surface area contributed by atoms with E-state index in [-0.39, 0.29) is 5.91 Å². The summed E-state index contributed by atoms with van der Waals surface area (Å²) in [5.41, 5.74) is 3.60. The number of anilines is 1. The molecule has 0 spiro atoms. The molecule has 1 aromatic carbocycles. The van der Waals surface area contributed by atoms with Crippen LogP contribution in [0.4, 0.5) is 5.69 Å². The molecule has 0 fully saturated rings. The van der Waals surface area contributed by atoms with Gasteiger partial charge in [-0.1, -0.05) is 13.0 Å². The van der Waals surface area contributed by atoms with E-state index >= 15 is 0 Å². The van der Waals surface area contributed by atoms with Crippen molar-refractivity contribution in [2.45, 2.75) is 40.2 Å². The van der Waals surface area contributed by atoms with Gasteiger partial charge in [-0.2, -0.15) is 5.10 Å². The first-order valence-corrected chi connectivity index (χ1v) is 8.04. The maximum Gasteiger partial charge on any atom is 0.224 e. The molecule has 1 N–H and O–H groups in total. The van der Waals surface area contributed by atoms with Crippen molar-refractivity contribution in [1.29, 1.82) is 0 Å². The second-order valence-electron chi connectivity index (χ2n) is 5.69. The molecular formula is C18H25N3O3. The Morgan fingerprint density at radius 1 is 1.21 bits per heavy atom. The predicted octanol–water partition coefficient (Wildman–Crippen LogP) is 3.30. The molecule has 1 heterocycles. The number of methoxy groups -OCH3 is 2. The second kappa shape index (κ2) is 7.86. The van der Waals surface area contributed by atoms with Crippen LogP contribution in [0.1, 0.15) is 36.7 Å². The lowest BCUT2D eigenvalue weighted by Crippen LogP contribution is -2.12. The fraction of sp³-hybridized carbons (Fsp3) is 0.444. The zero-order valence-electron chi connectivity index (χ0n) is 15.0. The summed E-state index contributed by atoms with van der Waals surface area (Å²) < 4.78 is 12.5. The molecule has 0 saturated heterocycles. The second-order valence-corrected chi connectivity index (χ2v) is 5.69. The van der Waals surface area contributed by atoms with Gasteiger partial charge in [-0.3, -0.25) is 9.48 Å². The van der Waals surface area contributed by atoms with E-state index in [9.17, 15) is 4.79 Å². The Labute approximate surface area is 142 Å². The van der Waals surface area contributed by atoms with E-state index < -0.39 is 0 Å². The molecule has 1 amide bonds. The van der Waals surface area contributed by atoms with Gasteiger partial charge in [-0.15, -0.1) is 0 Å². The van der Waals surface area contributed by atoms with E-state index in [4.69, 9.17) is 9.47 Å². The largest absolute Gasteiger partial charge is 0.493 e. The van der Waals surface area contributed by atoms with Crippen LogP contribution in [-0.2, 0) is 11.3 Å². The molecule has 0 bridgehead atoms. The Morgan fingerprint density at radius 2 is 1.92 bits per heavy atom. The predicted molar refractivity (Wildman–Crippen MR) is 93.9 cm³/mol. The van der Waals surface area contributed by atoms with Gasteiger partial charge in [0.15, 0.2) is 11.5 Å². The zero-order valence-corrected chi connectivity index (χ0v) is 15.0. The molecule has 6 nitrogen and oxygen atoms in total. The molecule has 2 rings (SSSR count). The van der Waals surface area contributed by atoms with Crippen LogP contribution in [-0.4, -0.2) is 29.9 Å². The highest BCUT2D eigenvalue weighted by atomic mass is 16.5.